The van der Waals surface area contributed by atoms with Gasteiger partial charge in [-0.3, -0.25) is 0 Å². The maximum Gasteiger partial charge on any atom is 0.160 e. The molecule has 1 unspecified atom stereocenters. The van der Waals surface area contributed by atoms with Gasteiger partial charge in [0.15, 0.2) is 11.5 Å². The van der Waals surface area contributed by atoms with Crippen LogP contribution in [0.3, 0.4) is 0 Å². The van der Waals surface area contributed by atoms with Crippen LogP contribution in [0.15, 0.2) is 24.7 Å². The minimum absolute atomic E-state index is 0.0333. The number of hydrogen-bond acceptors (Lipinski definition) is 3. The Morgan fingerprint density at radius 2 is 2.18 bits per heavy atom. The molecule has 0 fully saturated rings. The van der Waals surface area contributed by atoms with E-state index in [0.717, 1.165) is 36.1 Å². The molecular formula is C13H14N2O2. The lowest BCUT2D eigenvalue weighted by molar-refractivity contribution is 0.394. The molecule has 0 amide bonds. The highest BCUT2D eigenvalue weighted by Crippen LogP contribution is 2.42. The molecule has 2 aromatic rings. The van der Waals surface area contributed by atoms with E-state index < -0.39 is 0 Å². The summed E-state index contributed by atoms with van der Waals surface area (Å²) in [6.45, 7) is 0. The molecular weight excluding hydrogens is 216 g/mol. The predicted molar refractivity (Wildman–Crippen MR) is 63.1 cm³/mol. The normalized spacial score (nSPS) is 18.9. The smallest absolute Gasteiger partial charge is 0.160 e. The Bertz CT molecular complexity index is 535. The molecule has 1 heterocycles. The highest BCUT2D eigenvalue weighted by molar-refractivity contribution is 5.52. The highest BCUT2D eigenvalue weighted by atomic mass is 16.3. The number of aromatic hydroxyl groups is 2. The fraction of sp³-hybridized carbons (Fsp3) is 0.308. The molecule has 17 heavy (non-hydrogen) atoms. The second-order valence-electron chi connectivity index (χ2n) is 4.45. The minimum Gasteiger partial charge on any atom is -0.504 e. The summed E-state index contributed by atoms with van der Waals surface area (Å²) >= 11 is 0. The summed E-state index contributed by atoms with van der Waals surface area (Å²) in [6, 6.07) is 3.46. The van der Waals surface area contributed by atoms with Crippen LogP contribution in [0.25, 0.3) is 0 Å². The molecule has 4 nitrogen and oxygen atoms in total. The molecule has 1 aromatic heterocycles. The minimum atomic E-state index is -0.0333. The zero-order valence-corrected chi connectivity index (χ0v) is 9.35. The molecule has 1 aromatic carbocycles. The van der Waals surface area contributed by atoms with E-state index in [1.807, 2.05) is 12.3 Å². The zero-order chi connectivity index (χ0) is 11.8. The molecule has 0 saturated heterocycles. The van der Waals surface area contributed by atoms with Gasteiger partial charge in [-0.15, -0.1) is 0 Å². The first-order valence-electron chi connectivity index (χ1n) is 5.79. The largest absolute Gasteiger partial charge is 0.504 e. The number of fused-ring (bicyclic) bond motifs is 1. The average molecular weight is 230 g/mol. The maximum absolute atomic E-state index is 9.88. The zero-order valence-electron chi connectivity index (χ0n) is 9.35. The van der Waals surface area contributed by atoms with Crippen LogP contribution < -0.4 is 0 Å². The molecule has 3 N–H and O–H groups in total. The Labute approximate surface area is 99.0 Å². The Hall–Kier alpha value is -1.97. The molecule has 0 saturated carbocycles. The van der Waals surface area contributed by atoms with Gasteiger partial charge in [0.2, 0.25) is 0 Å². The van der Waals surface area contributed by atoms with Gasteiger partial charge in [-0.05, 0) is 30.9 Å². The van der Waals surface area contributed by atoms with Crippen LogP contribution >= 0.6 is 0 Å². The highest BCUT2D eigenvalue weighted by Gasteiger charge is 2.25. The van der Waals surface area contributed by atoms with E-state index in [1.165, 1.54) is 0 Å². The predicted octanol–water partition coefficient (Wildman–Crippen LogP) is 2.29. The number of benzene rings is 1. The summed E-state index contributed by atoms with van der Waals surface area (Å²) in [5, 5.41) is 19.4. The van der Waals surface area contributed by atoms with Crippen LogP contribution in [-0.2, 0) is 6.42 Å². The molecule has 0 spiro atoms. The molecule has 4 heteroatoms. The van der Waals surface area contributed by atoms with Crippen LogP contribution in [0.2, 0.25) is 0 Å². The topological polar surface area (TPSA) is 69.1 Å². The fourth-order valence-electron chi connectivity index (χ4n) is 2.65. The number of phenols is 2. The average Bonchev–Trinajstić information content (AvgIpc) is 2.87. The molecule has 88 valence electrons. The second kappa shape index (κ2) is 3.80. The van der Waals surface area contributed by atoms with Crippen LogP contribution in [0.5, 0.6) is 11.5 Å². The monoisotopic (exact) mass is 230 g/mol. The molecule has 1 aliphatic rings. The van der Waals surface area contributed by atoms with Crippen molar-refractivity contribution in [2.75, 3.05) is 0 Å². The van der Waals surface area contributed by atoms with E-state index in [4.69, 9.17) is 0 Å². The Morgan fingerprint density at radius 1 is 1.29 bits per heavy atom. The lowest BCUT2D eigenvalue weighted by atomic mass is 9.80. The second-order valence-corrected chi connectivity index (χ2v) is 4.45. The summed E-state index contributed by atoms with van der Waals surface area (Å²) in [5.41, 5.74) is 3.03. The van der Waals surface area contributed by atoms with Crippen molar-refractivity contribution < 1.29 is 10.2 Å². The summed E-state index contributed by atoms with van der Waals surface area (Å²) in [7, 11) is 0. The number of phenolic OH excluding ortho intramolecular Hbond substituents is 2. The van der Waals surface area contributed by atoms with Gasteiger partial charge in [0, 0.05) is 23.4 Å². The summed E-state index contributed by atoms with van der Waals surface area (Å²) < 4.78 is 0. The Balaban J connectivity index is 2.12. The van der Waals surface area contributed by atoms with Gasteiger partial charge in [-0.2, -0.15) is 0 Å². The van der Waals surface area contributed by atoms with Crippen molar-refractivity contribution in [1.29, 1.82) is 0 Å². The summed E-state index contributed by atoms with van der Waals surface area (Å²) in [4.78, 5) is 7.17. The van der Waals surface area contributed by atoms with Crippen LogP contribution in [0.1, 0.15) is 35.6 Å². The number of aromatic amines is 1. The molecule has 1 atom stereocenters. The van der Waals surface area contributed by atoms with Gasteiger partial charge in [0.05, 0.1) is 6.33 Å². The Morgan fingerprint density at radius 3 is 2.94 bits per heavy atom. The number of nitrogens with zero attached hydrogens (tertiary/aromatic N) is 1. The Kier molecular flexibility index (Phi) is 2.28. The number of nitrogens with one attached hydrogen (secondary N) is 1. The third-order valence-corrected chi connectivity index (χ3v) is 3.49. The van der Waals surface area contributed by atoms with Gasteiger partial charge in [-0.1, -0.05) is 6.07 Å². The van der Waals surface area contributed by atoms with Crippen molar-refractivity contribution in [3.63, 3.8) is 0 Å². The molecule has 0 bridgehead atoms. The molecule has 3 rings (SSSR count). The lowest BCUT2D eigenvalue weighted by Gasteiger charge is -2.25. The number of aromatic nitrogens is 2. The number of H-pyrrole nitrogens is 1. The van der Waals surface area contributed by atoms with Crippen molar-refractivity contribution in [3.05, 3.63) is 41.5 Å². The van der Waals surface area contributed by atoms with Crippen LogP contribution in [0, 0.1) is 0 Å². The maximum atomic E-state index is 9.88. The third-order valence-electron chi connectivity index (χ3n) is 3.49. The first-order chi connectivity index (χ1) is 8.27. The van der Waals surface area contributed by atoms with Gasteiger partial charge in [0.25, 0.3) is 0 Å². The van der Waals surface area contributed by atoms with Gasteiger partial charge in [0.1, 0.15) is 0 Å². The number of hydrogen-bond donors (Lipinski definition) is 3. The van der Waals surface area contributed by atoms with Gasteiger partial charge < -0.3 is 15.2 Å². The van der Waals surface area contributed by atoms with E-state index in [1.54, 1.807) is 12.4 Å². The molecule has 0 radical (unpaired) electrons. The fourth-order valence-corrected chi connectivity index (χ4v) is 2.65. The van der Waals surface area contributed by atoms with E-state index in [-0.39, 0.29) is 17.4 Å². The van der Waals surface area contributed by atoms with Crippen molar-refractivity contribution in [3.8, 4) is 11.5 Å². The third kappa shape index (κ3) is 1.56. The number of imidazole rings is 1. The van der Waals surface area contributed by atoms with Gasteiger partial charge >= 0.3 is 0 Å². The van der Waals surface area contributed by atoms with Gasteiger partial charge in [-0.25, -0.2) is 4.98 Å². The summed E-state index contributed by atoms with van der Waals surface area (Å²) in [5.74, 6) is 0.244. The van der Waals surface area contributed by atoms with Crippen molar-refractivity contribution in [1.82, 2.24) is 9.97 Å². The molecule has 0 aliphatic heterocycles. The van der Waals surface area contributed by atoms with E-state index >= 15 is 0 Å². The van der Waals surface area contributed by atoms with Crippen molar-refractivity contribution in [2.24, 2.45) is 0 Å². The van der Waals surface area contributed by atoms with Crippen molar-refractivity contribution >= 4 is 0 Å². The first kappa shape index (κ1) is 10.2. The van der Waals surface area contributed by atoms with Crippen molar-refractivity contribution in [2.45, 2.75) is 25.2 Å². The summed E-state index contributed by atoms with van der Waals surface area (Å²) in [6.07, 6.45) is 6.36. The van der Waals surface area contributed by atoms with Crippen LogP contribution in [0.4, 0.5) is 0 Å². The SMILES string of the molecule is Oc1ccc2c(c1O)CCCC2c1cnc[nH]1. The van der Waals surface area contributed by atoms with Crippen LogP contribution in [-0.4, -0.2) is 20.2 Å². The lowest BCUT2D eigenvalue weighted by Crippen LogP contribution is -2.11. The number of rotatable bonds is 1. The van der Waals surface area contributed by atoms with E-state index in [0.29, 0.717) is 0 Å². The standard InChI is InChI=1S/C13H14N2O2/c16-12-5-4-8-9(11-6-14-7-15-11)2-1-3-10(8)13(12)17/h4-7,9,16-17H,1-3H2,(H,14,15). The van der Waals surface area contributed by atoms with E-state index in [2.05, 4.69) is 9.97 Å². The van der Waals surface area contributed by atoms with E-state index in [9.17, 15) is 10.2 Å². The quantitative estimate of drug-likeness (QED) is 0.658. The first-order valence-corrected chi connectivity index (χ1v) is 5.79. The molecule has 1 aliphatic carbocycles.